The van der Waals surface area contributed by atoms with Crippen LogP contribution in [0.1, 0.15) is 70.3 Å². The summed E-state index contributed by atoms with van der Waals surface area (Å²) >= 11 is 12.1. The van der Waals surface area contributed by atoms with E-state index in [1.807, 2.05) is 41.5 Å². The van der Waals surface area contributed by atoms with Gasteiger partial charge in [0, 0.05) is 23.0 Å². The lowest BCUT2D eigenvalue weighted by Gasteiger charge is -2.40. The van der Waals surface area contributed by atoms with Crippen molar-refractivity contribution >= 4 is 52.6 Å². The zero-order valence-corrected chi connectivity index (χ0v) is 26.0. The summed E-state index contributed by atoms with van der Waals surface area (Å²) in [5, 5.41) is 6.29. The van der Waals surface area contributed by atoms with E-state index in [1.165, 1.54) is 13.2 Å². The monoisotopic (exact) mass is 604 g/mol. The third-order valence-corrected chi connectivity index (χ3v) is 8.58. The van der Waals surface area contributed by atoms with Gasteiger partial charge in [-0.3, -0.25) is 14.4 Å². The molecule has 3 rings (SSSR count). The maximum absolute atomic E-state index is 13.5. The van der Waals surface area contributed by atoms with Gasteiger partial charge in [-0.1, -0.05) is 49.2 Å². The Morgan fingerprint density at radius 2 is 1.66 bits per heavy atom. The molecule has 2 aromatic carbocycles. The van der Waals surface area contributed by atoms with Crippen LogP contribution < -0.4 is 10.6 Å². The predicted octanol–water partition coefficient (Wildman–Crippen LogP) is 6.23. The zero-order chi connectivity index (χ0) is 30.8. The number of nitrogens with one attached hydrogen (secondary N) is 2. The molecule has 0 spiro atoms. The Balaban J connectivity index is 1.70. The normalized spacial score (nSPS) is 20.6. The highest BCUT2D eigenvalue weighted by atomic mass is 35.5. The van der Waals surface area contributed by atoms with Crippen LogP contribution in [0.3, 0.4) is 0 Å². The van der Waals surface area contributed by atoms with Crippen molar-refractivity contribution in [3.63, 3.8) is 0 Å². The van der Waals surface area contributed by atoms with Crippen LogP contribution in [0.2, 0.25) is 10.0 Å². The summed E-state index contributed by atoms with van der Waals surface area (Å²) in [6.07, 6.45) is 1.14. The van der Waals surface area contributed by atoms with Gasteiger partial charge in [0.2, 0.25) is 5.91 Å². The largest absolute Gasteiger partial charge is 0.467 e. The molecule has 41 heavy (non-hydrogen) atoms. The van der Waals surface area contributed by atoms with Gasteiger partial charge in [-0.25, -0.2) is 4.79 Å². The third-order valence-electron chi connectivity index (χ3n) is 8.02. The number of carbonyl (C=O) groups excluding carboxylic acids is 4. The molecule has 1 aliphatic rings. The summed E-state index contributed by atoms with van der Waals surface area (Å²) in [7, 11) is 1.26. The van der Waals surface area contributed by atoms with Crippen molar-refractivity contribution in [2.45, 2.75) is 72.4 Å². The molecule has 0 aromatic heterocycles. The quantitative estimate of drug-likeness (QED) is 0.345. The number of rotatable bonds is 8. The highest BCUT2D eigenvalue weighted by molar-refractivity contribution is 6.36. The minimum Gasteiger partial charge on any atom is -0.467 e. The second-order valence-electron chi connectivity index (χ2n) is 12.2. The van der Waals surface area contributed by atoms with Gasteiger partial charge in [-0.15, -0.1) is 0 Å². The van der Waals surface area contributed by atoms with E-state index in [9.17, 15) is 19.2 Å². The average molecular weight is 606 g/mol. The van der Waals surface area contributed by atoms with E-state index in [0.29, 0.717) is 23.6 Å². The first-order valence-corrected chi connectivity index (χ1v) is 14.2. The SMILES string of the molecule is COC(=O)[C@H](Cc1ccc(NC(=O)c2cc(Cl)ccc2Cl)cc1)NC(=O)C1CCC(C)(C(=O)OC(C)(C)C)C1(C)C. The molecule has 222 valence electrons. The maximum atomic E-state index is 13.5. The topological polar surface area (TPSA) is 111 Å². The molecule has 2 aromatic rings. The van der Waals surface area contributed by atoms with Crippen molar-refractivity contribution in [3.05, 3.63) is 63.6 Å². The van der Waals surface area contributed by atoms with Gasteiger partial charge >= 0.3 is 11.9 Å². The number of ether oxygens (including phenoxy) is 2. The van der Waals surface area contributed by atoms with Gasteiger partial charge in [-0.2, -0.15) is 0 Å². The molecular weight excluding hydrogens is 567 g/mol. The van der Waals surface area contributed by atoms with Gasteiger partial charge in [0.15, 0.2) is 0 Å². The molecule has 0 heterocycles. The number of carbonyl (C=O) groups is 4. The Hall–Kier alpha value is -3.10. The van der Waals surface area contributed by atoms with E-state index in [4.69, 9.17) is 32.7 Å². The summed E-state index contributed by atoms with van der Waals surface area (Å²) in [4.78, 5) is 51.9. The van der Waals surface area contributed by atoms with Gasteiger partial charge in [-0.05, 0) is 81.8 Å². The van der Waals surface area contributed by atoms with Crippen molar-refractivity contribution in [1.82, 2.24) is 5.32 Å². The number of benzene rings is 2. The lowest BCUT2D eigenvalue weighted by Crippen LogP contribution is -2.51. The summed E-state index contributed by atoms with van der Waals surface area (Å²) in [6, 6.07) is 10.6. The summed E-state index contributed by atoms with van der Waals surface area (Å²) in [5.74, 6) is -2.16. The smallest absolute Gasteiger partial charge is 0.328 e. The first-order chi connectivity index (χ1) is 19.0. The molecule has 2 unspecified atom stereocenters. The number of hydrogen-bond acceptors (Lipinski definition) is 6. The first-order valence-electron chi connectivity index (χ1n) is 13.5. The van der Waals surface area contributed by atoms with Crippen molar-refractivity contribution in [2.75, 3.05) is 12.4 Å². The molecular formula is C31H38Cl2N2O6. The van der Waals surface area contributed by atoms with Crippen LogP contribution in [0, 0.1) is 16.7 Å². The standard InChI is InChI=1S/C31H38Cl2N2O6/c1-29(2,3)41-28(39)31(6)15-14-22(30(31,4)5)26(37)35-24(27(38)40-7)16-18-8-11-20(12-9-18)34-25(36)21-17-19(32)10-13-23(21)33/h8-13,17,22,24H,14-16H2,1-7H3,(H,34,36)(H,35,37)/t22?,24-,31?/m0/s1. The molecule has 10 heteroatoms. The van der Waals surface area contributed by atoms with Crippen LogP contribution in [-0.2, 0) is 30.3 Å². The van der Waals surface area contributed by atoms with E-state index in [-0.39, 0.29) is 28.9 Å². The minimum absolute atomic E-state index is 0.170. The van der Waals surface area contributed by atoms with Crippen LogP contribution in [-0.4, -0.2) is 42.5 Å². The number of methoxy groups -OCH3 is 1. The number of halogens is 2. The molecule has 1 aliphatic carbocycles. The highest BCUT2D eigenvalue weighted by Gasteiger charge is 2.59. The maximum Gasteiger partial charge on any atom is 0.328 e. The van der Waals surface area contributed by atoms with Crippen molar-refractivity contribution < 1.29 is 28.7 Å². The lowest BCUT2D eigenvalue weighted by atomic mass is 9.65. The molecule has 0 radical (unpaired) electrons. The van der Waals surface area contributed by atoms with E-state index in [1.54, 1.807) is 36.4 Å². The van der Waals surface area contributed by atoms with Crippen molar-refractivity contribution in [1.29, 1.82) is 0 Å². The fourth-order valence-corrected chi connectivity index (χ4v) is 5.53. The average Bonchev–Trinajstić information content (AvgIpc) is 3.14. The van der Waals surface area contributed by atoms with Gasteiger partial charge < -0.3 is 20.1 Å². The molecule has 2 amide bonds. The Morgan fingerprint density at radius 1 is 1.02 bits per heavy atom. The van der Waals surface area contributed by atoms with E-state index < -0.39 is 40.3 Å². The predicted molar refractivity (Wildman–Crippen MR) is 159 cm³/mol. The Bertz CT molecular complexity index is 1320. The fraction of sp³-hybridized carbons (Fsp3) is 0.484. The first kappa shape index (κ1) is 32.4. The molecule has 0 saturated heterocycles. The molecule has 0 aliphatic heterocycles. The molecule has 2 N–H and O–H groups in total. The number of amides is 2. The number of hydrogen-bond donors (Lipinski definition) is 2. The Kier molecular flexibility index (Phi) is 9.81. The van der Waals surface area contributed by atoms with Crippen LogP contribution in [0.5, 0.6) is 0 Å². The van der Waals surface area contributed by atoms with Crippen molar-refractivity contribution in [2.24, 2.45) is 16.7 Å². The van der Waals surface area contributed by atoms with E-state index in [2.05, 4.69) is 10.6 Å². The lowest BCUT2D eigenvalue weighted by molar-refractivity contribution is -0.173. The minimum atomic E-state index is -0.942. The second-order valence-corrected chi connectivity index (χ2v) is 13.1. The van der Waals surface area contributed by atoms with Crippen LogP contribution in [0.15, 0.2) is 42.5 Å². The molecule has 8 nitrogen and oxygen atoms in total. The Morgan fingerprint density at radius 3 is 2.24 bits per heavy atom. The summed E-state index contributed by atoms with van der Waals surface area (Å²) in [6.45, 7) is 11.1. The molecule has 3 atom stereocenters. The van der Waals surface area contributed by atoms with Gasteiger partial charge in [0.25, 0.3) is 5.91 Å². The third kappa shape index (κ3) is 7.41. The van der Waals surface area contributed by atoms with Gasteiger partial charge in [0.05, 0.1) is 23.1 Å². The zero-order valence-electron chi connectivity index (χ0n) is 24.5. The van der Waals surface area contributed by atoms with Crippen LogP contribution in [0.25, 0.3) is 0 Å². The van der Waals surface area contributed by atoms with Crippen LogP contribution in [0.4, 0.5) is 5.69 Å². The molecule has 1 fully saturated rings. The summed E-state index contributed by atoms with van der Waals surface area (Å²) in [5.41, 5.74) is -0.724. The number of esters is 2. The van der Waals surface area contributed by atoms with E-state index in [0.717, 1.165) is 5.56 Å². The second kappa shape index (κ2) is 12.4. The molecule has 1 saturated carbocycles. The van der Waals surface area contributed by atoms with E-state index >= 15 is 0 Å². The fourth-order valence-electron chi connectivity index (χ4n) is 5.15. The highest BCUT2D eigenvalue weighted by Crippen LogP contribution is 2.57. The number of anilines is 1. The molecule has 0 bridgehead atoms. The van der Waals surface area contributed by atoms with Gasteiger partial charge in [0.1, 0.15) is 11.6 Å². The van der Waals surface area contributed by atoms with Crippen molar-refractivity contribution in [3.8, 4) is 0 Å². The van der Waals surface area contributed by atoms with Crippen LogP contribution >= 0.6 is 23.2 Å². The Labute approximate surface area is 251 Å². The summed E-state index contributed by atoms with van der Waals surface area (Å²) < 4.78 is 10.7.